The van der Waals surface area contributed by atoms with E-state index in [0.717, 1.165) is 12.1 Å². The number of halogens is 3. The summed E-state index contributed by atoms with van der Waals surface area (Å²) < 4.78 is 37.0. The number of hydrogen-bond acceptors (Lipinski definition) is 2. The maximum atomic E-state index is 12.3. The zero-order valence-corrected chi connectivity index (χ0v) is 9.28. The number of nitrogens with zero attached hydrogens (tertiary/aromatic N) is 1. The van der Waals surface area contributed by atoms with Gasteiger partial charge in [0.25, 0.3) is 0 Å². The van der Waals surface area contributed by atoms with Crippen LogP contribution < -0.4 is 0 Å². The first-order valence-electron chi connectivity index (χ1n) is 5.30. The Kier molecular flexibility index (Phi) is 3.38. The summed E-state index contributed by atoms with van der Waals surface area (Å²) in [5, 5.41) is 9.78. The zero-order valence-electron chi connectivity index (χ0n) is 9.28. The summed E-state index contributed by atoms with van der Waals surface area (Å²) in [6, 6.07) is 4.72. The number of aromatic nitrogens is 2. The molecule has 6 heteroatoms. The second-order valence-electron chi connectivity index (χ2n) is 3.89. The fourth-order valence-corrected chi connectivity index (χ4v) is 1.61. The van der Waals surface area contributed by atoms with Crippen LogP contribution in [0.5, 0.6) is 0 Å². The number of nitrogens with one attached hydrogen (secondary N) is 1. The minimum atomic E-state index is -4.34. The lowest BCUT2D eigenvalue weighted by Gasteiger charge is -2.10. The quantitative estimate of drug-likeness (QED) is 0.887. The van der Waals surface area contributed by atoms with Gasteiger partial charge in [0.1, 0.15) is 11.9 Å². The largest absolute Gasteiger partial charge is 0.416 e. The Balaban J connectivity index is 2.07. The average molecular weight is 256 g/mol. The average Bonchev–Trinajstić information content (AvgIpc) is 2.82. The highest BCUT2D eigenvalue weighted by atomic mass is 19.4. The fourth-order valence-electron chi connectivity index (χ4n) is 1.61. The van der Waals surface area contributed by atoms with Crippen LogP contribution in [0.15, 0.2) is 36.7 Å². The number of hydrogen-bond donors (Lipinski definition) is 2. The number of aromatic amines is 1. The van der Waals surface area contributed by atoms with Gasteiger partial charge < -0.3 is 10.1 Å². The van der Waals surface area contributed by atoms with Crippen LogP contribution in [-0.4, -0.2) is 15.1 Å². The molecule has 0 saturated heterocycles. The van der Waals surface area contributed by atoms with Gasteiger partial charge >= 0.3 is 6.18 Å². The molecule has 2 N–H and O–H groups in total. The van der Waals surface area contributed by atoms with Gasteiger partial charge in [0.05, 0.1) is 5.56 Å². The molecule has 1 atom stereocenters. The molecule has 1 heterocycles. The minimum absolute atomic E-state index is 0.214. The van der Waals surface area contributed by atoms with Crippen molar-refractivity contribution in [3.63, 3.8) is 0 Å². The van der Waals surface area contributed by atoms with Crippen LogP contribution >= 0.6 is 0 Å². The van der Waals surface area contributed by atoms with E-state index in [1.807, 2.05) is 0 Å². The Hall–Kier alpha value is -1.82. The Morgan fingerprint density at radius 1 is 1.22 bits per heavy atom. The number of aliphatic hydroxyl groups is 1. The summed E-state index contributed by atoms with van der Waals surface area (Å²) in [7, 11) is 0. The number of rotatable bonds is 3. The van der Waals surface area contributed by atoms with Crippen molar-refractivity contribution >= 4 is 0 Å². The number of imidazole rings is 1. The van der Waals surface area contributed by atoms with E-state index in [1.54, 1.807) is 6.20 Å². The molecule has 0 bridgehead atoms. The molecule has 0 fully saturated rings. The topological polar surface area (TPSA) is 48.9 Å². The summed E-state index contributed by atoms with van der Waals surface area (Å²) in [6.45, 7) is 0. The zero-order chi connectivity index (χ0) is 13.2. The molecular formula is C12H11F3N2O. The fraction of sp³-hybridized carbons (Fsp3) is 0.250. The molecule has 1 aromatic carbocycles. The van der Waals surface area contributed by atoms with Crippen LogP contribution in [-0.2, 0) is 12.6 Å². The van der Waals surface area contributed by atoms with Gasteiger partial charge in [0.2, 0.25) is 0 Å². The van der Waals surface area contributed by atoms with Crippen LogP contribution in [0.1, 0.15) is 23.1 Å². The first-order chi connectivity index (χ1) is 8.47. The molecule has 1 aromatic heterocycles. The number of alkyl halides is 3. The Morgan fingerprint density at radius 2 is 1.89 bits per heavy atom. The Bertz CT molecular complexity index is 491. The third-order valence-electron chi connectivity index (χ3n) is 2.55. The molecule has 0 radical (unpaired) electrons. The number of aliphatic hydroxyl groups excluding tert-OH is 1. The van der Waals surface area contributed by atoms with Crippen molar-refractivity contribution in [2.75, 3.05) is 0 Å². The predicted octanol–water partition coefficient (Wildman–Crippen LogP) is 2.70. The van der Waals surface area contributed by atoms with Gasteiger partial charge in [0.15, 0.2) is 0 Å². The van der Waals surface area contributed by atoms with Crippen molar-refractivity contribution < 1.29 is 18.3 Å². The summed E-state index contributed by atoms with van der Waals surface area (Å²) in [5.74, 6) is 0.398. The van der Waals surface area contributed by atoms with E-state index in [-0.39, 0.29) is 6.42 Å². The summed E-state index contributed by atoms with van der Waals surface area (Å²) in [6.07, 6.45) is -1.89. The summed E-state index contributed by atoms with van der Waals surface area (Å²) >= 11 is 0. The smallest absolute Gasteiger partial charge is 0.385 e. The molecule has 0 amide bonds. The van der Waals surface area contributed by atoms with E-state index in [0.29, 0.717) is 11.4 Å². The molecule has 2 aromatic rings. The third kappa shape index (κ3) is 2.89. The SMILES string of the molecule is OC(Cc1ccc(C(F)(F)F)cc1)c1ncc[nH]1. The monoisotopic (exact) mass is 256 g/mol. The first kappa shape index (κ1) is 12.6. The highest BCUT2D eigenvalue weighted by Gasteiger charge is 2.30. The Morgan fingerprint density at radius 3 is 2.39 bits per heavy atom. The predicted molar refractivity (Wildman–Crippen MR) is 58.7 cm³/mol. The van der Waals surface area contributed by atoms with Crippen molar-refractivity contribution in [2.24, 2.45) is 0 Å². The number of H-pyrrole nitrogens is 1. The maximum Gasteiger partial charge on any atom is 0.416 e. The molecule has 0 aliphatic carbocycles. The van der Waals surface area contributed by atoms with Crippen molar-refractivity contribution in [2.45, 2.75) is 18.7 Å². The summed E-state index contributed by atoms with van der Waals surface area (Å²) in [5.41, 5.74) is -0.0781. The van der Waals surface area contributed by atoms with E-state index in [9.17, 15) is 18.3 Å². The standard InChI is InChI=1S/C12H11F3N2O/c13-12(14,15)9-3-1-8(2-4-9)7-10(18)11-16-5-6-17-11/h1-6,10,18H,7H2,(H,16,17). The second-order valence-corrected chi connectivity index (χ2v) is 3.89. The lowest BCUT2D eigenvalue weighted by atomic mass is 10.1. The van der Waals surface area contributed by atoms with Crippen LogP contribution in [0.4, 0.5) is 13.2 Å². The third-order valence-corrected chi connectivity index (χ3v) is 2.55. The van der Waals surface area contributed by atoms with E-state index in [1.165, 1.54) is 18.3 Å². The van der Waals surface area contributed by atoms with Gasteiger partial charge in [-0.3, -0.25) is 0 Å². The lowest BCUT2D eigenvalue weighted by Crippen LogP contribution is -2.06. The maximum absolute atomic E-state index is 12.3. The molecule has 2 rings (SSSR count). The lowest BCUT2D eigenvalue weighted by molar-refractivity contribution is -0.137. The van der Waals surface area contributed by atoms with E-state index >= 15 is 0 Å². The molecular weight excluding hydrogens is 245 g/mol. The van der Waals surface area contributed by atoms with Gasteiger partial charge in [-0.05, 0) is 17.7 Å². The van der Waals surface area contributed by atoms with Gasteiger partial charge in [-0.25, -0.2) is 4.98 Å². The van der Waals surface area contributed by atoms with Crippen LogP contribution in [0.25, 0.3) is 0 Å². The molecule has 96 valence electrons. The van der Waals surface area contributed by atoms with Crippen LogP contribution in [0, 0.1) is 0 Å². The molecule has 1 unspecified atom stereocenters. The highest BCUT2D eigenvalue weighted by molar-refractivity contribution is 5.25. The highest BCUT2D eigenvalue weighted by Crippen LogP contribution is 2.29. The second kappa shape index (κ2) is 4.81. The van der Waals surface area contributed by atoms with Crippen molar-refractivity contribution in [3.05, 3.63) is 53.6 Å². The first-order valence-corrected chi connectivity index (χ1v) is 5.30. The minimum Gasteiger partial charge on any atom is -0.385 e. The van der Waals surface area contributed by atoms with Gasteiger partial charge in [0, 0.05) is 18.8 Å². The van der Waals surface area contributed by atoms with E-state index in [2.05, 4.69) is 9.97 Å². The molecule has 0 spiro atoms. The molecule has 0 aliphatic heterocycles. The van der Waals surface area contributed by atoms with Crippen molar-refractivity contribution in [1.29, 1.82) is 0 Å². The summed E-state index contributed by atoms with van der Waals surface area (Å²) in [4.78, 5) is 6.64. The van der Waals surface area contributed by atoms with Crippen LogP contribution in [0.3, 0.4) is 0 Å². The van der Waals surface area contributed by atoms with E-state index < -0.39 is 17.8 Å². The van der Waals surface area contributed by atoms with Gasteiger partial charge in [-0.2, -0.15) is 13.2 Å². The Labute approximate surface area is 101 Å². The van der Waals surface area contributed by atoms with Crippen molar-refractivity contribution in [1.82, 2.24) is 9.97 Å². The normalized spacial score (nSPS) is 13.6. The molecule has 18 heavy (non-hydrogen) atoms. The molecule has 3 nitrogen and oxygen atoms in total. The van der Waals surface area contributed by atoms with Gasteiger partial charge in [-0.1, -0.05) is 12.1 Å². The molecule has 0 saturated carbocycles. The molecule has 0 aliphatic rings. The van der Waals surface area contributed by atoms with Gasteiger partial charge in [-0.15, -0.1) is 0 Å². The number of benzene rings is 1. The van der Waals surface area contributed by atoms with Crippen LogP contribution in [0.2, 0.25) is 0 Å². The van der Waals surface area contributed by atoms with Crippen molar-refractivity contribution in [3.8, 4) is 0 Å². The van der Waals surface area contributed by atoms with E-state index in [4.69, 9.17) is 0 Å².